The minimum Gasteiger partial charge on any atom is -0.404 e. The smallest absolute Gasteiger partial charge is 0.345 e. The van der Waals surface area contributed by atoms with Crippen molar-refractivity contribution in [3.8, 4) is 0 Å². The van der Waals surface area contributed by atoms with Crippen LogP contribution in [0.2, 0.25) is 0 Å². The number of nitrogen functional groups attached to an aromatic ring is 1. The Morgan fingerprint density at radius 3 is 2.26 bits per heavy atom. The zero-order valence-electron chi connectivity index (χ0n) is 10.1. The number of nitrogens with two attached hydrogens (primary N) is 1. The Bertz CT molecular complexity index is 779. The van der Waals surface area contributed by atoms with E-state index in [-0.39, 0.29) is 5.88 Å². The molecule has 2 aromatic carbocycles. The summed E-state index contributed by atoms with van der Waals surface area (Å²) in [7, 11) is 0. The highest BCUT2D eigenvalue weighted by atomic mass is 16.4. The molecule has 1 heterocycles. The largest absolute Gasteiger partial charge is 0.404 e. The summed E-state index contributed by atoms with van der Waals surface area (Å²) >= 11 is 0. The fraction of sp³-hybridized carbons (Fsp3) is 0. The maximum Gasteiger partial charge on any atom is 0.345 e. The number of hydrogen-bond acceptors (Lipinski definition) is 4. The minimum atomic E-state index is -0.424. The second kappa shape index (κ2) is 4.49. The van der Waals surface area contributed by atoms with Crippen molar-refractivity contribution < 1.29 is 4.42 Å². The standard InChI is InChI=1S/C15H12N2O2/c16-14-13(17-10-6-2-1-3-7-10)11-8-4-5-9-12(11)15(18)19-14/h1-9,17H,16H2. The van der Waals surface area contributed by atoms with Gasteiger partial charge in [0.2, 0.25) is 5.88 Å². The lowest BCUT2D eigenvalue weighted by atomic mass is 10.1. The van der Waals surface area contributed by atoms with Crippen LogP contribution in [0, 0.1) is 0 Å². The molecule has 0 saturated carbocycles. The van der Waals surface area contributed by atoms with Crippen molar-refractivity contribution >= 4 is 28.0 Å². The molecule has 1 aromatic heterocycles. The fourth-order valence-electron chi connectivity index (χ4n) is 2.01. The van der Waals surface area contributed by atoms with Gasteiger partial charge in [-0.15, -0.1) is 0 Å². The zero-order chi connectivity index (χ0) is 13.2. The van der Waals surface area contributed by atoms with E-state index in [1.165, 1.54) is 0 Å². The molecule has 0 aliphatic carbocycles. The summed E-state index contributed by atoms with van der Waals surface area (Å²) in [6.07, 6.45) is 0. The Morgan fingerprint density at radius 2 is 1.53 bits per heavy atom. The Kier molecular flexibility index (Phi) is 2.68. The average Bonchev–Trinajstić information content (AvgIpc) is 2.45. The van der Waals surface area contributed by atoms with Gasteiger partial charge in [-0.05, 0) is 18.2 Å². The Morgan fingerprint density at radius 1 is 0.895 bits per heavy atom. The summed E-state index contributed by atoms with van der Waals surface area (Å²) < 4.78 is 5.05. The molecule has 0 spiro atoms. The van der Waals surface area contributed by atoms with Crippen LogP contribution in [0.3, 0.4) is 0 Å². The molecule has 0 unspecified atom stereocenters. The van der Waals surface area contributed by atoms with Crippen molar-refractivity contribution in [3.05, 3.63) is 65.0 Å². The van der Waals surface area contributed by atoms with Crippen molar-refractivity contribution in [1.82, 2.24) is 0 Å². The molecule has 3 aromatic rings. The van der Waals surface area contributed by atoms with Crippen LogP contribution in [-0.4, -0.2) is 0 Å². The van der Waals surface area contributed by atoms with Crippen LogP contribution in [0.15, 0.2) is 63.8 Å². The molecule has 4 nitrogen and oxygen atoms in total. The Labute approximate surface area is 109 Å². The monoisotopic (exact) mass is 252 g/mol. The third-order valence-corrected chi connectivity index (χ3v) is 2.91. The summed E-state index contributed by atoms with van der Waals surface area (Å²) in [4.78, 5) is 11.7. The zero-order valence-corrected chi connectivity index (χ0v) is 10.1. The quantitative estimate of drug-likeness (QED) is 0.735. The van der Waals surface area contributed by atoms with Gasteiger partial charge < -0.3 is 15.5 Å². The lowest BCUT2D eigenvalue weighted by Crippen LogP contribution is -2.06. The van der Waals surface area contributed by atoms with Crippen LogP contribution in [0.5, 0.6) is 0 Å². The summed E-state index contributed by atoms with van der Waals surface area (Å²) in [5, 5.41) is 4.44. The Hall–Kier alpha value is -2.75. The first-order valence-electron chi connectivity index (χ1n) is 5.89. The maximum absolute atomic E-state index is 11.7. The van der Waals surface area contributed by atoms with Gasteiger partial charge in [-0.1, -0.05) is 36.4 Å². The molecule has 3 N–H and O–H groups in total. The first kappa shape index (κ1) is 11.3. The van der Waals surface area contributed by atoms with E-state index < -0.39 is 5.63 Å². The average molecular weight is 252 g/mol. The van der Waals surface area contributed by atoms with E-state index in [9.17, 15) is 4.79 Å². The third-order valence-electron chi connectivity index (χ3n) is 2.91. The van der Waals surface area contributed by atoms with Gasteiger partial charge in [-0.25, -0.2) is 4.79 Å². The van der Waals surface area contributed by atoms with Crippen LogP contribution in [-0.2, 0) is 0 Å². The molecule has 0 bridgehead atoms. The van der Waals surface area contributed by atoms with E-state index in [0.717, 1.165) is 11.1 Å². The van der Waals surface area contributed by atoms with Crippen LogP contribution in [0.25, 0.3) is 10.8 Å². The van der Waals surface area contributed by atoms with E-state index in [4.69, 9.17) is 10.2 Å². The van der Waals surface area contributed by atoms with E-state index in [2.05, 4.69) is 5.32 Å². The van der Waals surface area contributed by atoms with Crippen LogP contribution in [0.4, 0.5) is 17.3 Å². The van der Waals surface area contributed by atoms with Gasteiger partial charge in [0.05, 0.1) is 5.39 Å². The molecule has 19 heavy (non-hydrogen) atoms. The fourth-order valence-corrected chi connectivity index (χ4v) is 2.01. The molecule has 0 fully saturated rings. The van der Waals surface area contributed by atoms with Crippen molar-refractivity contribution in [3.63, 3.8) is 0 Å². The highest BCUT2D eigenvalue weighted by Crippen LogP contribution is 2.29. The summed E-state index contributed by atoms with van der Waals surface area (Å²) in [6.45, 7) is 0. The number of para-hydroxylation sites is 1. The van der Waals surface area contributed by atoms with E-state index in [1.54, 1.807) is 12.1 Å². The molecule has 0 radical (unpaired) electrons. The highest BCUT2D eigenvalue weighted by molar-refractivity contribution is 5.98. The van der Waals surface area contributed by atoms with Gasteiger partial charge in [-0.3, -0.25) is 0 Å². The molecule has 3 rings (SSSR count). The second-order valence-electron chi connectivity index (χ2n) is 4.17. The lowest BCUT2D eigenvalue weighted by Gasteiger charge is -2.10. The SMILES string of the molecule is Nc1oc(=O)c2ccccc2c1Nc1ccccc1. The van der Waals surface area contributed by atoms with Gasteiger partial charge in [0, 0.05) is 11.1 Å². The first-order valence-corrected chi connectivity index (χ1v) is 5.89. The predicted octanol–water partition coefficient (Wildman–Crippen LogP) is 3.12. The van der Waals surface area contributed by atoms with E-state index in [0.29, 0.717) is 11.1 Å². The number of fused-ring (bicyclic) bond motifs is 1. The number of nitrogens with one attached hydrogen (secondary N) is 1. The number of anilines is 3. The van der Waals surface area contributed by atoms with Gasteiger partial charge in [0.1, 0.15) is 5.69 Å². The second-order valence-corrected chi connectivity index (χ2v) is 4.17. The van der Waals surface area contributed by atoms with Crippen LogP contribution in [0.1, 0.15) is 0 Å². The molecule has 0 aliphatic heterocycles. The van der Waals surface area contributed by atoms with Crippen LogP contribution >= 0.6 is 0 Å². The molecular weight excluding hydrogens is 240 g/mol. The normalized spacial score (nSPS) is 10.5. The topological polar surface area (TPSA) is 68.3 Å². The van der Waals surface area contributed by atoms with Gasteiger partial charge in [0.25, 0.3) is 0 Å². The highest BCUT2D eigenvalue weighted by Gasteiger charge is 2.11. The maximum atomic E-state index is 11.7. The first-order chi connectivity index (χ1) is 9.25. The van der Waals surface area contributed by atoms with Gasteiger partial charge in [0.15, 0.2) is 0 Å². The van der Waals surface area contributed by atoms with Gasteiger partial charge in [-0.2, -0.15) is 0 Å². The predicted molar refractivity (Wildman–Crippen MR) is 76.6 cm³/mol. The molecule has 0 aliphatic rings. The van der Waals surface area contributed by atoms with Gasteiger partial charge >= 0.3 is 5.63 Å². The third kappa shape index (κ3) is 2.04. The molecule has 0 amide bonds. The van der Waals surface area contributed by atoms with Crippen molar-refractivity contribution in [2.24, 2.45) is 0 Å². The number of hydrogen-bond donors (Lipinski definition) is 2. The van der Waals surface area contributed by atoms with Crippen molar-refractivity contribution in [1.29, 1.82) is 0 Å². The van der Waals surface area contributed by atoms with E-state index >= 15 is 0 Å². The molecule has 0 saturated heterocycles. The van der Waals surface area contributed by atoms with Crippen LogP contribution < -0.4 is 16.7 Å². The molecule has 0 atom stereocenters. The number of rotatable bonds is 2. The summed E-state index contributed by atoms with van der Waals surface area (Å²) in [6, 6.07) is 16.8. The van der Waals surface area contributed by atoms with Crippen molar-refractivity contribution in [2.75, 3.05) is 11.1 Å². The Balaban J connectivity index is 2.21. The molecule has 4 heteroatoms. The summed E-state index contributed by atoms with van der Waals surface area (Å²) in [5.74, 6) is 0.0903. The van der Waals surface area contributed by atoms with Crippen molar-refractivity contribution in [2.45, 2.75) is 0 Å². The molecule has 94 valence electrons. The summed E-state index contributed by atoms with van der Waals surface area (Å²) in [5.41, 5.74) is 6.88. The number of benzene rings is 2. The lowest BCUT2D eigenvalue weighted by molar-refractivity contribution is 0.542. The minimum absolute atomic E-state index is 0.0903. The molecular formula is C15H12N2O2. The van der Waals surface area contributed by atoms with E-state index in [1.807, 2.05) is 42.5 Å².